The molecule has 61 heavy (non-hydrogen) atoms. The Morgan fingerprint density at radius 3 is 2.46 bits per heavy atom. The van der Waals surface area contributed by atoms with Gasteiger partial charge in [-0.3, -0.25) is 9.88 Å². The number of carbonyl (C=O) groups excluding carboxylic acids is 1. The molecule has 0 N–H and O–H groups in total. The van der Waals surface area contributed by atoms with E-state index in [9.17, 15) is 9.18 Å². The number of anilines is 1. The first kappa shape index (κ1) is 44.4. The third kappa shape index (κ3) is 8.11. The minimum absolute atomic E-state index is 0.00417. The molecule has 3 fully saturated rings. The molecule has 2 aromatic carbocycles. The molecule has 9 nitrogen and oxygen atoms in total. The highest BCUT2D eigenvalue weighted by Gasteiger charge is 2.48. The molecule has 0 spiro atoms. The van der Waals surface area contributed by atoms with Crippen molar-refractivity contribution < 1.29 is 27.4 Å². The first-order valence-electron chi connectivity index (χ1n) is 21.8. The minimum atomic E-state index is -2.26. The number of rotatable bonds is 9. The van der Waals surface area contributed by atoms with Gasteiger partial charge >= 0.3 is 12.1 Å². The molecule has 0 radical (unpaired) electrons. The van der Waals surface area contributed by atoms with Crippen LogP contribution in [0.2, 0.25) is 16.6 Å². The lowest BCUT2D eigenvalue weighted by molar-refractivity contribution is 0.0233. The van der Waals surface area contributed by atoms with Crippen LogP contribution in [0.25, 0.3) is 32.9 Å². The number of pyridine rings is 1. The van der Waals surface area contributed by atoms with Crippen LogP contribution in [0.1, 0.15) is 100 Å². The molecule has 3 atom stereocenters. The number of ether oxygens (including phenoxy) is 2. The summed E-state index contributed by atoms with van der Waals surface area (Å²) in [5, 5.41) is 1.56. The maximum atomic E-state index is 17.6. The Morgan fingerprint density at radius 1 is 1.07 bits per heavy atom. The predicted octanol–water partition coefficient (Wildman–Crippen LogP) is 11.0. The zero-order valence-electron chi connectivity index (χ0n) is 37.6. The first-order valence-corrected chi connectivity index (χ1v) is 24.0. The summed E-state index contributed by atoms with van der Waals surface area (Å²) in [4.78, 5) is 33.5. The van der Waals surface area contributed by atoms with Gasteiger partial charge in [0.2, 0.25) is 0 Å². The third-order valence-electron chi connectivity index (χ3n) is 13.7. The van der Waals surface area contributed by atoms with E-state index in [4.69, 9.17) is 24.4 Å². The number of hydrogen-bond acceptors (Lipinski definition) is 8. The van der Waals surface area contributed by atoms with Gasteiger partial charge in [-0.2, -0.15) is 9.97 Å². The maximum absolute atomic E-state index is 17.6. The second-order valence-corrected chi connectivity index (χ2v) is 24.9. The standard InChI is InChI=1S/C48H61F3N6O3Si/c1-29(2)61(30(3)4,31(5)6)23-19-35-38(50)17-16-34-14-12-15-36(40(34)35)42-41(51)43-37(26-52-42)44(55(11)39-18-22-57(32(39)7)46(58)60-47(8,9)10)54-45(53-43)59-28-48-20-13-21-56(48)27-33(24-48)25-49/h12,14-17,25-26,29-32,39H,13,18,20-22,24,27-28H2,1-11H3/b33-25+/t32-,39-,48?/m1/s1. The van der Waals surface area contributed by atoms with Gasteiger partial charge < -0.3 is 19.3 Å². The number of hydrogen-bond donors (Lipinski definition) is 0. The summed E-state index contributed by atoms with van der Waals surface area (Å²) in [7, 11) is -0.393. The lowest BCUT2D eigenvalue weighted by Crippen LogP contribution is -2.45. The van der Waals surface area contributed by atoms with Crippen LogP contribution in [0.5, 0.6) is 6.01 Å². The van der Waals surface area contributed by atoms with Crippen molar-refractivity contribution in [2.45, 2.75) is 135 Å². The van der Waals surface area contributed by atoms with Crippen molar-refractivity contribution >= 4 is 41.7 Å². The van der Waals surface area contributed by atoms with E-state index in [0.29, 0.717) is 76.4 Å². The van der Waals surface area contributed by atoms with Gasteiger partial charge in [0.25, 0.3) is 0 Å². The van der Waals surface area contributed by atoms with Crippen molar-refractivity contribution in [3.05, 3.63) is 65.6 Å². The van der Waals surface area contributed by atoms with Crippen molar-refractivity contribution in [2.75, 3.05) is 38.2 Å². The van der Waals surface area contributed by atoms with E-state index in [1.165, 1.54) is 6.07 Å². The van der Waals surface area contributed by atoms with E-state index in [0.717, 1.165) is 25.0 Å². The zero-order valence-corrected chi connectivity index (χ0v) is 38.6. The SMILES string of the molecule is CC(C)[Si](C#Cc1c(F)ccc2cccc(-c3ncc4c(N(C)[C@@H]5CCN(C(=O)OC(C)(C)C)[C@@H]5C)nc(OCC56CCCN5C/C(=C/F)C6)nc4c3F)c12)(C(C)C)C(C)C. The number of halogens is 3. The summed E-state index contributed by atoms with van der Waals surface area (Å²) in [6, 6.07) is 8.07. The molecule has 3 aliphatic heterocycles. The summed E-state index contributed by atoms with van der Waals surface area (Å²) >= 11 is 0. The molecule has 3 aliphatic rings. The average Bonchev–Trinajstić information content (AvgIpc) is 3.88. The van der Waals surface area contributed by atoms with E-state index >= 15 is 8.78 Å². The summed E-state index contributed by atoms with van der Waals surface area (Å²) < 4.78 is 59.7. The highest BCUT2D eigenvalue weighted by molar-refractivity contribution is 6.90. The summed E-state index contributed by atoms with van der Waals surface area (Å²) in [5.41, 5.74) is 4.95. The van der Waals surface area contributed by atoms with Crippen LogP contribution >= 0.6 is 0 Å². The summed E-state index contributed by atoms with van der Waals surface area (Å²) in [5.74, 6) is 2.55. The quantitative estimate of drug-likeness (QED) is 0.122. The Labute approximate surface area is 360 Å². The normalized spacial score (nSPS) is 21.6. The number of nitrogens with zero attached hydrogens (tertiary/aromatic N) is 6. The van der Waals surface area contributed by atoms with Crippen LogP contribution < -0.4 is 9.64 Å². The molecule has 1 unspecified atom stereocenters. The molecule has 5 heterocycles. The first-order chi connectivity index (χ1) is 28.8. The Bertz CT molecular complexity index is 2400. The molecule has 0 bridgehead atoms. The molecule has 326 valence electrons. The molecule has 0 aliphatic carbocycles. The Hall–Kier alpha value is -4.67. The minimum Gasteiger partial charge on any atom is -0.461 e. The van der Waals surface area contributed by atoms with Crippen LogP contribution in [-0.2, 0) is 4.74 Å². The highest BCUT2D eigenvalue weighted by atomic mass is 28.3. The smallest absolute Gasteiger partial charge is 0.410 e. The zero-order chi connectivity index (χ0) is 44.2. The Morgan fingerprint density at radius 2 is 1.79 bits per heavy atom. The summed E-state index contributed by atoms with van der Waals surface area (Å²) in [6.45, 7) is 22.8. The molecule has 13 heteroatoms. The van der Waals surface area contributed by atoms with Gasteiger partial charge in [-0.25, -0.2) is 18.0 Å². The molecule has 0 saturated carbocycles. The lowest BCUT2D eigenvalue weighted by Gasteiger charge is -2.38. The molecule has 4 aromatic rings. The van der Waals surface area contributed by atoms with Gasteiger partial charge in [0.15, 0.2) is 5.82 Å². The fourth-order valence-corrected chi connectivity index (χ4v) is 15.9. The van der Waals surface area contributed by atoms with Crippen LogP contribution in [-0.4, -0.2) is 95.4 Å². The number of aromatic nitrogens is 3. The van der Waals surface area contributed by atoms with Gasteiger partial charge in [-0.05, 0) is 93.6 Å². The Balaban J connectivity index is 1.36. The number of amides is 1. The van der Waals surface area contributed by atoms with Crippen molar-refractivity contribution in [1.29, 1.82) is 0 Å². The lowest BCUT2D eigenvalue weighted by atomic mass is 9.94. The number of fused-ring (bicyclic) bond motifs is 3. The Kier molecular flexibility index (Phi) is 12.3. The number of likely N-dealkylation sites (N-methyl/N-ethyl adjacent to an activating group) is 1. The molecular weight excluding hydrogens is 794 g/mol. The molecule has 3 saturated heterocycles. The van der Waals surface area contributed by atoms with Crippen LogP contribution in [0.3, 0.4) is 0 Å². The highest BCUT2D eigenvalue weighted by Crippen LogP contribution is 2.44. The van der Waals surface area contributed by atoms with Gasteiger partial charge in [-0.15, -0.1) is 5.54 Å². The van der Waals surface area contributed by atoms with Crippen molar-refractivity contribution in [2.24, 2.45) is 0 Å². The molecular formula is C48H61F3N6O3Si. The third-order valence-corrected chi connectivity index (χ3v) is 19.9. The fourth-order valence-electron chi connectivity index (χ4n) is 10.6. The van der Waals surface area contributed by atoms with Crippen LogP contribution in [0, 0.1) is 23.1 Å². The van der Waals surface area contributed by atoms with E-state index in [1.807, 2.05) is 51.8 Å². The fraction of sp³-hybridized carbons (Fsp3) is 0.542. The molecule has 2 aromatic heterocycles. The second-order valence-electron chi connectivity index (χ2n) is 19.3. The van der Waals surface area contributed by atoms with E-state index in [2.05, 4.69) is 57.9 Å². The largest absolute Gasteiger partial charge is 0.461 e. The number of benzene rings is 2. The van der Waals surface area contributed by atoms with Crippen LogP contribution in [0.15, 0.2) is 48.4 Å². The molecule has 7 rings (SSSR count). The number of carbonyl (C=O) groups is 1. The number of likely N-dealkylation sites (tertiary alicyclic amines) is 1. The van der Waals surface area contributed by atoms with Gasteiger partial charge in [0.1, 0.15) is 43.1 Å². The van der Waals surface area contributed by atoms with Crippen molar-refractivity contribution in [3.8, 4) is 28.7 Å². The van der Waals surface area contributed by atoms with E-state index < -0.39 is 36.9 Å². The van der Waals surface area contributed by atoms with E-state index in [-0.39, 0.29) is 41.5 Å². The van der Waals surface area contributed by atoms with Gasteiger partial charge in [0, 0.05) is 37.3 Å². The monoisotopic (exact) mass is 854 g/mol. The average molecular weight is 855 g/mol. The van der Waals surface area contributed by atoms with Crippen molar-refractivity contribution in [3.63, 3.8) is 0 Å². The van der Waals surface area contributed by atoms with Gasteiger partial charge in [0.05, 0.1) is 34.9 Å². The van der Waals surface area contributed by atoms with Crippen LogP contribution in [0.4, 0.5) is 23.8 Å². The second kappa shape index (κ2) is 16.9. The molecule has 1 amide bonds. The summed E-state index contributed by atoms with van der Waals surface area (Å²) in [6.07, 6.45) is 4.79. The topological polar surface area (TPSA) is 83.9 Å². The van der Waals surface area contributed by atoms with Crippen molar-refractivity contribution in [1.82, 2.24) is 24.8 Å². The maximum Gasteiger partial charge on any atom is 0.410 e. The van der Waals surface area contributed by atoms with E-state index in [1.54, 1.807) is 23.2 Å². The predicted molar refractivity (Wildman–Crippen MR) is 240 cm³/mol. The van der Waals surface area contributed by atoms with Gasteiger partial charge in [-0.1, -0.05) is 71.7 Å².